The summed E-state index contributed by atoms with van der Waals surface area (Å²) in [7, 11) is 1.60. The molecule has 1 saturated heterocycles. The highest BCUT2D eigenvalue weighted by atomic mass is 16.5. The number of carbonyl (C=O) groups is 2. The monoisotopic (exact) mass is 451 g/mol. The number of likely N-dealkylation sites (tertiary alicyclic amines) is 1. The molecular weight excluding hydrogens is 422 g/mol. The van der Waals surface area contributed by atoms with Crippen LogP contribution in [-0.4, -0.2) is 48.6 Å². The molecule has 174 valence electrons. The molecule has 1 unspecified atom stereocenters. The number of nitrogens with zero attached hydrogens (tertiary/aromatic N) is 1. The summed E-state index contributed by atoms with van der Waals surface area (Å²) in [4.78, 5) is 27.5. The highest BCUT2D eigenvalue weighted by Crippen LogP contribution is 2.42. The molecule has 4 rings (SSSR count). The minimum Gasteiger partial charge on any atom is -0.507 e. The van der Waals surface area contributed by atoms with Crippen LogP contribution < -0.4 is 9.47 Å². The number of fused-ring (bicyclic) bond motifs is 1. The van der Waals surface area contributed by atoms with Crippen LogP contribution in [0.3, 0.4) is 0 Å². The number of methoxy groups -OCH3 is 1. The molecule has 33 heavy (non-hydrogen) atoms. The van der Waals surface area contributed by atoms with Crippen LogP contribution in [0.25, 0.3) is 6.08 Å². The van der Waals surface area contributed by atoms with E-state index in [9.17, 15) is 14.7 Å². The lowest BCUT2D eigenvalue weighted by molar-refractivity contribution is -0.150. The molecular formula is C26H29NO6. The summed E-state index contributed by atoms with van der Waals surface area (Å²) >= 11 is 0. The topological polar surface area (TPSA) is 85.3 Å². The van der Waals surface area contributed by atoms with E-state index in [4.69, 9.17) is 14.2 Å². The maximum Gasteiger partial charge on any atom is 0.310 e. The Hall–Kier alpha value is -3.32. The van der Waals surface area contributed by atoms with Gasteiger partial charge in [0.1, 0.15) is 17.2 Å². The number of aromatic hydroxyl groups is 1. The minimum atomic E-state index is -0.206. The second kappa shape index (κ2) is 9.67. The molecule has 2 aromatic rings. The van der Waals surface area contributed by atoms with Crippen LogP contribution in [0.2, 0.25) is 0 Å². The highest BCUT2D eigenvalue weighted by molar-refractivity contribution is 6.15. The Labute approximate surface area is 193 Å². The van der Waals surface area contributed by atoms with Gasteiger partial charge in [0.15, 0.2) is 5.76 Å². The van der Waals surface area contributed by atoms with E-state index in [1.807, 2.05) is 24.3 Å². The van der Waals surface area contributed by atoms with Crippen LogP contribution in [0.5, 0.6) is 17.2 Å². The van der Waals surface area contributed by atoms with Crippen LogP contribution in [0.1, 0.15) is 46.8 Å². The Kier molecular flexibility index (Phi) is 6.70. The lowest BCUT2D eigenvalue weighted by Gasteiger charge is -2.31. The Morgan fingerprint density at radius 3 is 2.76 bits per heavy atom. The molecule has 0 spiro atoms. The Bertz CT molecular complexity index is 1090. The third kappa shape index (κ3) is 4.73. The van der Waals surface area contributed by atoms with Gasteiger partial charge in [-0.2, -0.15) is 0 Å². The van der Waals surface area contributed by atoms with Gasteiger partial charge in [-0.1, -0.05) is 12.1 Å². The van der Waals surface area contributed by atoms with Crippen molar-refractivity contribution in [3.63, 3.8) is 0 Å². The second-order valence-electron chi connectivity index (χ2n) is 8.43. The second-order valence-corrected chi connectivity index (χ2v) is 8.43. The lowest BCUT2D eigenvalue weighted by atomic mass is 9.96. The number of ether oxygens (including phenoxy) is 3. The smallest absolute Gasteiger partial charge is 0.310 e. The van der Waals surface area contributed by atoms with E-state index in [1.54, 1.807) is 33.1 Å². The van der Waals surface area contributed by atoms with Gasteiger partial charge in [0.2, 0.25) is 5.78 Å². The largest absolute Gasteiger partial charge is 0.507 e. The summed E-state index contributed by atoms with van der Waals surface area (Å²) in [5, 5.41) is 10.7. The summed E-state index contributed by atoms with van der Waals surface area (Å²) < 4.78 is 16.4. The summed E-state index contributed by atoms with van der Waals surface area (Å²) in [6.45, 7) is 5.67. The van der Waals surface area contributed by atoms with Crippen LogP contribution in [0.4, 0.5) is 0 Å². The predicted molar refractivity (Wildman–Crippen MR) is 123 cm³/mol. The number of phenols is 1. The van der Waals surface area contributed by atoms with Crippen molar-refractivity contribution in [1.82, 2.24) is 4.90 Å². The van der Waals surface area contributed by atoms with Gasteiger partial charge >= 0.3 is 5.97 Å². The maximum absolute atomic E-state index is 13.1. The minimum absolute atomic E-state index is 0.0861. The lowest BCUT2D eigenvalue weighted by Crippen LogP contribution is -2.39. The molecule has 0 bridgehead atoms. The first kappa shape index (κ1) is 22.9. The Morgan fingerprint density at radius 2 is 2.06 bits per heavy atom. The first-order chi connectivity index (χ1) is 15.9. The summed E-state index contributed by atoms with van der Waals surface area (Å²) in [5.74, 6) is 0.850. The fraction of sp³-hybridized carbons (Fsp3) is 0.385. The highest BCUT2D eigenvalue weighted by Gasteiger charge is 2.35. The average molecular weight is 452 g/mol. The number of carbonyl (C=O) groups excluding carboxylic acids is 2. The van der Waals surface area contributed by atoms with Gasteiger partial charge in [-0.25, -0.2) is 0 Å². The molecule has 0 amide bonds. The van der Waals surface area contributed by atoms with E-state index in [0.29, 0.717) is 42.1 Å². The van der Waals surface area contributed by atoms with Crippen LogP contribution in [-0.2, 0) is 16.1 Å². The SMILES string of the molecule is CCOC(=O)C1CCCN(Cc2c(O)cc(C)c3c2O/C(=C\c2ccc(OC)cc2)C3=O)C1. The van der Waals surface area contributed by atoms with Crippen molar-refractivity contribution in [3.8, 4) is 17.2 Å². The molecule has 1 fully saturated rings. The van der Waals surface area contributed by atoms with Crippen molar-refractivity contribution in [1.29, 1.82) is 0 Å². The molecule has 0 aliphatic carbocycles. The van der Waals surface area contributed by atoms with Gasteiger partial charge in [0.25, 0.3) is 0 Å². The van der Waals surface area contributed by atoms with E-state index in [0.717, 1.165) is 30.7 Å². The molecule has 1 atom stereocenters. The molecule has 2 aromatic carbocycles. The van der Waals surface area contributed by atoms with E-state index in [1.165, 1.54) is 0 Å². The molecule has 2 heterocycles. The molecule has 0 radical (unpaired) electrons. The first-order valence-corrected chi connectivity index (χ1v) is 11.2. The maximum atomic E-state index is 13.1. The van der Waals surface area contributed by atoms with Gasteiger partial charge in [0.05, 0.1) is 30.8 Å². The zero-order valence-corrected chi connectivity index (χ0v) is 19.2. The van der Waals surface area contributed by atoms with Gasteiger partial charge < -0.3 is 19.3 Å². The predicted octanol–water partition coefficient (Wildman–Crippen LogP) is 4.10. The number of piperidine rings is 1. The van der Waals surface area contributed by atoms with Gasteiger partial charge in [-0.15, -0.1) is 0 Å². The number of rotatable bonds is 6. The number of Topliss-reactive ketones (excluding diaryl/α,β-unsaturated/α-hetero) is 1. The summed E-state index contributed by atoms with van der Waals surface area (Å²) in [6.07, 6.45) is 3.34. The van der Waals surface area contributed by atoms with E-state index in [-0.39, 0.29) is 29.2 Å². The number of aryl methyl sites for hydroxylation is 1. The molecule has 2 aliphatic heterocycles. The Balaban J connectivity index is 1.60. The number of hydrogen-bond donors (Lipinski definition) is 1. The fourth-order valence-corrected chi connectivity index (χ4v) is 4.46. The first-order valence-electron chi connectivity index (χ1n) is 11.2. The molecule has 1 N–H and O–H groups in total. The van der Waals surface area contributed by atoms with Gasteiger partial charge in [-0.05, 0) is 68.6 Å². The summed E-state index contributed by atoms with van der Waals surface area (Å²) in [5.41, 5.74) is 2.51. The number of ketones is 1. The quantitative estimate of drug-likeness (QED) is 0.523. The van der Waals surface area contributed by atoms with E-state index < -0.39 is 0 Å². The summed E-state index contributed by atoms with van der Waals surface area (Å²) in [6, 6.07) is 8.94. The van der Waals surface area contributed by atoms with E-state index >= 15 is 0 Å². The number of esters is 1. The zero-order chi connectivity index (χ0) is 23.5. The number of hydrogen-bond acceptors (Lipinski definition) is 7. The van der Waals surface area contributed by atoms with Crippen molar-refractivity contribution in [2.24, 2.45) is 5.92 Å². The van der Waals surface area contributed by atoms with Crippen molar-refractivity contribution >= 4 is 17.8 Å². The number of allylic oxidation sites excluding steroid dienone is 1. The van der Waals surface area contributed by atoms with Crippen LogP contribution in [0.15, 0.2) is 36.1 Å². The van der Waals surface area contributed by atoms with Gasteiger partial charge in [0, 0.05) is 13.1 Å². The van der Waals surface area contributed by atoms with Crippen molar-refractivity contribution in [2.45, 2.75) is 33.2 Å². The molecule has 0 aromatic heterocycles. The Morgan fingerprint density at radius 1 is 1.30 bits per heavy atom. The third-order valence-corrected chi connectivity index (χ3v) is 6.14. The number of benzene rings is 2. The van der Waals surface area contributed by atoms with Crippen LogP contribution in [0, 0.1) is 12.8 Å². The molecule has 0 saturated carbocycles. The van der Waals surface area contributed by atoms with Crippen molar-refractivity contribution in [3.05, 3.63) is 58.3 Å². The average Bonchev–Trinajstić information content (AvgIpc) is 3.13. The number of phenolic OH excluding ortho intramolecular Hbond substituents is 1. The molecule has 2 aliphatic rings. The van der Waals surface area contributed by atoms with Gasteiger partial charge in [-0.3, -0.25) is 14.5 Å². The third-order valence-electron chi connectivity index (χ3n) is 6.14. The zero-order valence-electron chi connectivity index (χ0n) is 19.2. The molecule has 7 heteroatoms. The fourth-order valence-electron chi connectivity index (χ4n) is 4.46. The van der Waals surface area contributed by atoms with Crippen molar-refractivity contribution < 1.29 is 28.9 Å². The van der Waals surface area contributed by atoms with E-state index in [2.05, 4.69) is 4.90 Å². The standard InChI is InChI=1S/C26H29NO6/c1-4-32-26(30)18-6-5-11-27(14-18)15-20-21(28)12-16(2)23-24(29)22(33-25(20)23)13-17-7-9-19(31-3)10-8-17/h7-10,12-13,18,28H,4-6,11,14-15H2,1-3H3/b22-13-. The molecule has 7 nitrogen and oxygen atoms in total. The van der Waals surface area contributed by atoms with Crippen LogP contribution >= 0.6 is 0 Å². The van der Waals surface area contributed by atoms with Crippen molar-refractivity contribution in [2.75, 3.05) is 26.8 Å². The normalized spacial score (nSPS) is 19.3.